The summed E-state index contributed by atoms with van der Waals surface area (Å²) in [7, 11) is 1.68. The zero-order chi connectivity index (χ0) is 13.8. The molecule has 0 radical (unpaired) electrons. The highest BCUT2D eigenvalue weighted by molar-refractivity contribution is 5.77. The highest BCUT2D eigenvalue weighted by Crippen LogP contribution is 2.27. The number of rotatable bonds is 6. The fourth-order valence-electron chi connectivity index (χ4n) is 1.95. The van der Waals surface area contributed by atoms with Crippen LogP contribution in [0, 0.1) is 6.92 Å². The molecule has 3 nitrogen and oxygen atoms in total. The van der Waals surface area contributed by atoms with Crippen LogP contribution < -0.4 is 10.1 Å². The van der Waals surface area contributed by atoms with Crippen LogP contribution in [-0.2, 0) is 10.2 Å². The monoisotopic (exact) mass is 249 g/mol. The number of ether oxygens (including phenoxy) is 1. The summed E-state index contributed by atoms with van der Waals surface area (Å²) >= 11 is 0. The summed E-state index contributed by atoms with van der Waals surface area (Å²) in [6, 6.07) is 6.23. The van der Waals surface area contributed by atoms with Gasteiger partial charge in [0.05, 0.1) is 13.7 Å². The first-order chi connectivity index (χ1) is 8.36. The van der Waals surface area contributed by atoms with Crippen molar-refractivity contribution in [1.82, 2.24) is 5.32 Å². The first-order valence-electron chi connectivity index (χ1n) is 6.22. The molecule has 0 unspecified atom stereocenters. The molecule has 0 aliphatic rings. The topological polar surface area (TPSA) is 38.3 Å². The highest BCUT2D eigenvalue weighted by Gasteiger charge is 2.21. The molecule has 1 aromatic rings. The number of nitrogens with one attached hydrogen (secondary N) is 1. The number of aryl methyl sites for hydroxylation is 1. The Morgan fingerprint density at radius 2 is 2.06 bits per heavy atom. The summed E-state index contributed by atoms with van der Waals surface area (Å²) in [6.45, 7) is 9.18. The van der Waals surface area contributed by atoms with Crippen molar-refractivity contribution in [1.29, 1.82) is 0 Å². The molecule has 0 aromatic heterocycles. The number of hydrogen-bond acceptors (Lipinski definition) is 3. The minimum atomic E-state index is -0.00746. The second-order valence-electron chi connectivity index (χ2n) is 5.37. The predicted molar refractivity (Wildman–Crippen MR) is 74.3 cm³/mol. The Bertz CT molecular complexity index is 425. The lowest BCUT2D eigenvalue weighted by Crippen LogP contribution is -2.35. The number of methoxy groups -OCH3 is 1. The van der Waals surface area contributed by atoms with E-state index in [2.05, 4.69) is 31.3 Å². The molecule has 100 valence electrons. The van der Waals surface area contributed by atoms with Crippen molar-refractivity contribution >= 4 is 5.78 Å². The highest BCUT2D eigenvalue weighted by atomic mass is 16.5. The van der Waals surface area contributed by atoms with Gasteiger partial charge in [-0.15, -0.1) is 0 Å². The van der Waals surface area contributed by atoms with Crippen LogP contribution in [0.2, 0.25) is 0 Å². The Hall–Kier alpha value is -1.35. The van der Waals surface area contributed by atoms with Crippen LogP contribution in [0.3, 0.4) is 0 Å². The molecule has 18 heavy (non-hydrogen) atoms. The summed E-state index contributed by atoms with van der Waals surface area (Å²) in [5, 5.41) is 3.19. The SMILES string of the molecule is COc1ccc(C(C)(C)CNCC(C)=O)cc1C. The van der Waals surface area contributed by atoms with Crippen LogP contribution in [-0.4, -0.2) is 26.0 Å². The summed E-state index contributed by atoms with van der Waals surface area (Å²) in [5.41, 5.74) is 2.37. The van der Waals surface area contributed by atoms with E-state index in [0.717, 1.165) is 17.9 Å². The van der Waals surface area contributed by atoms with Crippen LogP contribution in [0.25, 0.3) is 0 Å². The van der Waals surface area contributed by atoms with Crippen LogP contribution in [0.15, 0.2) is 18.2 Å². The van der Waals surface area contributed by atoms with Crippen LogP contribution in [0.5, 0.6) is 5.75 Å². The number of carbonyl (C=O) groups is 1. The van der Waals surface area contributed by atoms with Crippen LogP contribution in [0.4, 0.5) is 0 Å². The molecule has 0 saturated carbocycles. The van der Waals surface area contributed by atoms with Gasteiger partial charge in [0.15, 0.2) is 0 Å². The summed E-state index contributed by atoms with van der Waals surface area (Å²) in [6.07, 6.45) is 0. The molecule has 1 rings (SSSR count). The van der Waals surface area contributed by atoms with Gasteiger partial charge in [-0.3, -0.25) is 4.79 Å². The third-order valence-electron chi connectivity index (χ3n) is 3.12. The molecular formula is C15H23NO2. The second kappa shape index (κ2) is 6.01. The van der Waals surface area contributed by atoms with E-state index >= 15 is 0 Å². The number of ketones is 1. The molecule has 0 saturated heterocycles. The van der Waals surface area contributed by atoms with E-state index in [1.807, 2.05) is 13.0 Å². The molecule has 0 aliphatic carbocycles. The quantitative estimate of drug-likeness (QED) is 0.841. The van der Waals surface area contributed by atoms with Crippen molar-refractivity contribution in [3.8, 4) is 5.75 Å². The normalized spacial score (nSPS) is 11.4. The third kappa shape index (κ3) is 3.84. The molecule has 0 spiro atoms. The Balaban J connectivity index is 2.77. The molecule has 0 bridgehead atoms. The number of carbonyl (C=O) groups excluding carboxylic acids is 1. The van der Waals surface area contributed by atoms with Gasteiger partial charge >= 0.3 is 0 Å². The molecule has 1 N–H and O–H groups in total. The summed E-state index contributed by atoms with van der Waals surface area (Å²) in [5.74, 6) is 1.07. The van der Waals surface area contributed by atoms with Gasteiger partial charge in [-0.1, -0.05) is 26.0 Å². The molecule has 0 heterocycles. The molecule has 1 aromatic carbocycles. The Labute approximate surface area is 110 Å². The van der Waals surface area contributed by atoms with Gasteiger partial charge < -0.3 is 10.1 Å². The zero-order valence-electron chi connectivity index (χ0n) is 12.0. The van der Waals surface area contributed by atoms with Gasteiger partial charge in [-0.25, -0.2) is 0 Å². The van der Waals surface area contributed by atoms with Crippen molar-refractivity contribution in [3.63, 3.8) is 0 Å². The van der Waals surface area contributed by atoms with Gasteiger partial charge in [-0.2, -0.15) is 0 Å². The zero-order valence-corrected chi connectivity index (χ0v) is 12.0. The standard InChI is InChI=1S/C15H23NO2/c1-11-8-13(6-7-14(11)18-5)15(3,4)10-16-9-12(2)17/h6-8,16H,9-10H2,1-5H3. The fourth-order valence-corrected chi connectivity index (χ4v) is 1.95. The van der Waals surface area contributed by atoms with Gasteiger partial charge in [0.2, 0.25) is 0 Å². The lowest BCUT2D eigenvalue weighted by Gasteiger charge is -2.26. The first kappa shape index (κ1) is 14.7. The van der Waals surface area contributed by atoms with Crippen molar-refractivity contribution < 1.29 is 9.53 Å². The van der Waals surface area contributed by atoms with Crippen molar-refractivity contribution in [2.75, 3.05) is 20.2 Å². The largest absolute Gasteiger partial charge is 0.496 e. The van der Waals surface area contributed by atoms with E-state index in [9.17, 15) is 4.79 Å². The lowest BCUT2D eigenvalue weighted by atomic mass is 9.83. The van der Waals surface area contributed by atoms with E-state index in [1.54, 1.807) is 14.0 Å². The van der Waals surface area contributed by atoms with E-state index in [1.165, 1.54) is 5.56 Å². The molecule has 0 fully saturated rings. The Kier molecular flexibility index (Phi) is 4.91. The maximum absolute atomic E-state index is 10.9. The molecular weight excluding hydrogens is 226 g/mol. The van der Waals surface area contributed by atoms with Crippen molar-refractivity contribution in [3.05, 3.63) is 29.3 Å². The maximum atomic E-state index is 10.9. The molecule has 0 atom stereocenters. The van der Waals surface area contributed by atoms with Gasteiger partial charge in [0.25, 0.3) is 0 Å². The maximum Gasteiger partial charge on any atom is 0.143 e. The molecule has 0 amide bonds. The number of benzene rings is 1. The van der Waals surface area contributed by atoms with Crippen molar-refractivity contribution in [2.24, 2.45) is 0 Å². The third-order valence-corrected chi connectivity index (χ3v) is 3.12. The van der Waals surface area contributed by atoms with E-state index in [-0.39, 0.29) is 11.2 Å². The summed E-state index contributed by atoms with van der Waals surface area (Å²) in [4.78, 5) is 10.9. The number of Topliss-reactive ketones (excluding diaryl/α,β-unsaturated/α-hetero) is 1. The average molecular weight is 249 g/mol. The van der Waals surface area contributed by atoms with Gasteiger partial charge in [0.1, 0.15) is 11.5 Å². The smallest absolute Gasteiger partial charge is 0.143 e. The molecule has 3 heteroatoms. The van der Waals surface area contributed by atoms with Gasteiger partial charge in [0, 0.05) is 12.0 Å². The molecule has 0 aliphatic heterocycles. The predicted octanol–water partition coefficient (Wildman–Crippen LogP) is 2.46. The van der Waals surface area contributed by atoms with E-state index in [4.69, 9.17) is 4.74 Å². The van der Waals surface area contributed by atoms with Crippen molar-refractivity contribution in [2.45, 2.75) is 33.1 Å². The summed E-state index contributed by atoms with van der Waals surface area (Å²) < 4.78 is 5.26. The van der Waals surface area contributed by atoms with E-state index < -0.39 is 0 Å². The average Bonchev–Trinajstić information content (AvgIpc) is 2.28. The van der Waals surface area contributed by atoms with Crippen LogP contribution >= 0.6 is 0 Å². The van der Waals surface area contributed by atoms with Gasteiger partial charge in [-0.05, 0) is 31.0 Å². The first-order valence-corrected chi connectivity index (χ1v) is 6.22. The fraction of sp³-hybridized carbons (Fsp3) is 0.533. The van der Waals surface area contributed by atoms with Crippen LogP contribution in [0.1, 0.15) is 31.9 Å². The Morgan fingerprint density at radius 3 is 2.56 bits per heavy atom. The minimum absolute atomic E-state index is 0.00746. The minimum Gasteiger partial charge on any atom is -0.496 e. The van der Waals surface area contributed by atoms with E-state index in [0.29, 0.717) is 6.54 Å². The lowest BCUT2D eigenvalue weighted by molar-refractivity contribution is -0.116. The Morgan fingerprint density at radius 1 is 1.39 bits per heavy atom. The number of hydrogen-bond donors (Lipinski definition) is 1. The second-order valence-corrected chi connectivity index (χ2v) is 5.37.